The molecule has 0 saturated carbocycles. The van der Waals surface area contributed by atoms with Gasteiger partial charge in [0.15, 0.2) is 11.5 Å². The van der Waals surface area contributed by atoms with Crippen molar-refractivity contribution < 1.29 is 19.0 Å². The van der Waals surface area contributed by atoms with Gasteiger partial charge < -0.3 is 19.5 Å². The Kier molecular flexibility index (Phi) is 9.10. The Morgan fingerprint density at radius 2 is 1.88 bits per heavy atom. The molecule has 2 aromatic carbocycles. The Morgan fingerprint density at radius 3 is 2.58 bits per heavy atom. The molecule has 0 spiro atoms. The molecule has 6 nitrogen and oxygen atoms in total. The molecule has 0 bridgehead atoms. The molecule has 0 aliphatic carbocycles. The van der Waals surface area contributed by atoms with E-state index in [1.807, 2.05) is 30.3 Å². The van der Waals surface area contributed by atoms with Crippen molar-refractivity contribution in [2.24, 2.45) is 0 Å². The van der Waals surface area contributed by atoms with Crippen LogP contribution in [0.1, 0.15) is 30.5 Å². The lowest BCUT2D eigenvalue weighted by atomic mass is 10.1. The highest BCUT2D eigenvalue weighted by Gasteiger charge is 2.22. The van der Waals surface area contributed by atoms with Crippen LogP contribution in [0.3, 0.4) is 0 Å². The lowest BCUT2D eigenvalue weighted by Crippen LogP contribution is -2.45. The van der Waals surface area contributed by atoms with Crippen LogP contribution in [-0.4, -0.2) is 49.8 Å². The second-order valence-electron chi connectivity index (χ2n) is 8.28. The largest absolute Gasteiger partial charge is 0.493 e. The number of hydrogen-bond acceptors (Lipinski definition) is 5. The highest BCUT2D eigenvalue weighted by molar-refractivity contribution is 5.91. The smallest absolute Gasteiger partial charge is 0.244 e. The Bertz CT molecular complexity index is 962. The van der Waals surface area contributed by atoms with Gasteiger partial charge in [0, 0.05) is 32.3 Å². The third-order valence-corrected chi connectivity index (χ3v) is 5.43. The number of morpholine rings is 1. The van der Waals surface area contributed by atoms with Gasteiger partial charge in [-0.1, -0.05) is 43.0 Å². The van der Waals surface area contributed by atoms with Gasteiger partial charge in [0.1, 0.15) is 6.61 Å². The Labute approximate surface area is 196 Å². The second-order valence-corrected chi connectivity index (χ2v) is 8.28. The van der Waals surface area contributed by atoms with Gasteiger partial charge in [-0.05, 0) is 48.7 Å². The number of ether oxygens (including phenoxy) is 3. The van der Waals surface area contributed by atoms with Gasteiger partial charge in [-0.25, -0.2) is 0 Å². The summed E-state index contributed by atoms with van der Waals surface area (Å²) < 4.78 is 16.8. The van der Waals surface area contributed by atoms with Crippen LogP contribution in [-0.2, 0) is 22.6 Å². The predicted octanol–water partition coefficient (Wildman–Crippen LogP) is 4.20. The molecular weight excluding hydrogens is 416 g/mol. The zero-order chi connectivity index (χ0) is 23.6. The van der Waals surface area contributed by atoms with E-state index in [9.17, 15) is 4.79 Å². The molecule has 1 aliphatic rings. The first-order valence-corrected chi connectivity index (χ1v) is 11.3. The average Bonchev–Trinajstić information content (AvgIpc) is 2.80. The molecule has 1 aliphatic heterocycles. The van der Waals surface area contributed by atoms with Gasteiger partial charge in [-0.2, -0.15) is 0 Å². The molecule has 6 heteroatoms. The third kappa shape index (κ3) is 7.48. The molecule has 33 heavy (non-hydrogen) atoms. The first-order valence-electron chi connectivity index (χ1n) is 11.3. The van der Waals surface area contributed by atoms with E-state index in [4.69, 9.17) is 14.2 Å². The van der Waals surface area contributed by atoms with E-state index < -0.39 is 0 Å². The van der Waals surface area contributed by atoms with Gasteiger partial charge in [-0.15, -0.1) is 0 Å². The number of amides is 1. The SMILES string of the molecule is C=CCOc1ccc(C=CC(=O)NCc2ccccc2CN2CC(C)OC(C)C2)cc1OC. The minimum atomic E-state index is -0.149. The summed E-state index contributed by atoms with van der Waals surface area (Å²) in [7, 11) is 1.59. The molecule has 0 aromatic heterocycles. The van der Waals surface area contributed by atoms with Crippen LogP contribution in [0.5, 0.6) is 11.5 Å². The maximum absolute atomic E-state index is 12.4. The summed E-state index contributed by atoms with van der Waals surface area (Å²) in [6, 6.07) is 13.8. The van der Waals surface area contributed by atoms with Gasteiger partial charge in [0.2, 0.25) is 5.91 Å². The van der Waals surface area contributed by atoms with Crippen LogP contribution in [0.2, 0.25) is 0 Å². The fourth-order valence-corrected chi connectivity index (χ4v) is 4.01. The molecule has 1 heterocycles. The summed E-state index contributed by atoms with van der Waals surface area (Å²) in [5, 5.41) is 3.00. The van der Waals surface area contributed by atoms with Gasteiger partial charge >= 0.3 is 0 Å². The minimum Gasteiger partial charge on any atom is -0.493 e. The zero-order valence-corrected chi connectivity index (χ0v) is 19.8. The van der Waals surface area contributed by atoms with Crippen molar-refractivity contribution in [2.45, 2.75) is 39.1 Å². The first-order chi connectivity index (χ1) is 16.0. The molecule has 1 saturated heterocycles. The number of carbonyl (C=O) groups is 1. The van der Waals surface area contributed by atoms with Crippen molar-refractivity contribution in [1.29, 1.82) is 0 Å². The summed E-state index contributed by atoms with van der Waals surface area (Å²) in [6.07, 6.45) is 5.43. The normalized spacial score (nSPS) is 18.8. The number of nitrogens with zero attached hydrogens (tertiary/aromatic N) is 1. The topological polar surface area (TPSA) is 60.0 Å². The monoisotopic (exact) mass is 450 g/mol. The summed E-state index contributed by atoms with van der Waals surface area (Å²) in [6.45, 7) is 11.4. The maximum atomic E-state index is 12.4. The molecule has 1 amide bonds. The second kappa shape index (κ2) is 12.2. The van der Waals surface area contributed by atoms with E-state index in [1.54, 1.807) is 19.3 Å². The quantitative estimate of drug-likeness (QED) is 0.434. The van der Waals surface area contributed by atoms with Crippen LogP contribution in [0, 0.1) is 0 Å². The van der Waals surface area contributed by atoms with Crippen LogP contribution < -0.4 is 14.8 Å². The molecule has 3 rings (SSSR count). The highest BCUT2D eigenvalue weighted by Crippen LogP contribution is 2.28. The van der Waals surface area contributed by atoms with Crippen LogP contribution in [0.15, 0.2) is 61.2 Å². The fraction of sp³-hybridized carbons (Fsp3) is 0.370. The molecule has 1 fully saturated rings. The fourth-order valence-electron chi connectivity index (χ4n) is 4.01. The van der Waals surface area contributed by atoms with E-state index >= 15 is 0 Å². The minimum absolute atomic E-state index is 0.149. The van der Waals surface area contributed by atoms with Crippen molar-refractivity contribution in [3.8, 4) is 11.5 Å². The number of methoxy groups -OCH3 is 1. The zero-order valence-electron chi connectivity index (χ0n) is 19.8. The molecule has 2 unspecified atom stereocenters. The Morgan fingerprint density at radius 1 is 1.15 bits per heavy atom. The molecule has 2 aromatic rings. The lowest BCUT2D eigenvalue weighted by Gasteiger charge is -2.35. The number of nitrogens with one attached hydrogen (secondary N) is 1. The van der Waals surface area contributed by atoms with Crippen molar-refractivity contribution in [3.63, 3.8) is 0 Å². The lowest BCUT2D eigenvalue weighted by molar-refractivity contribution is -0.116. The van der Waals surface area contributed by atoms with E-state index in [0.717, 1.165) is 30.8 Å². The van der Waals surface area contributed by atoms with E-state index in [0.29, 0.717) is 24.7 Å². The summed E-state index contributed by atoms with van der Waals surface area (Å²) >= 11 is 0. The maximum Gasteiger partial charge on any atom is 0.244 e. The standard InChI is InChI=1S/C27H34N2O4/c1-5-14-32-25-12-10-22(15-26(25)31-4)11-13-27(30)28-16-23-8-6-7-9-24(23)19-29-17-20(2)33-21(3)18-29/h5-13,15,20-21H,1,14,16-19H2,2-4H3,(H,28,30). The van der Waals surface area contributed by atoms with Crippen molar-refractivity contribution in [1.82, 2.24) is 10.2 Å². The summed E-state index contributed by atoms with van der Waals surface area (Å²) in [4.78, 5) is 14.9. The molecule has 2 atom stereocenters. The number of rotatable bonds is 10. The Hall–Kier alpha value is -3.09. The van der Waals surface area contributed by atoms with E-state index in [2.05, 4.69) is 42.8 Å². The van der Waals surface area contributed by atoms with Crippen LogP contribution in [0.25, 0.3) is 6.08 Å². The molecule has 176 valence electrons. The number of carbonyl (C=O) groups excluding carboxylic acids is 1. The van der Waals surface area contributed by atoms with E-state index in [-0.39, 0.29) is 18.1 Å². The van der Waals surface area contributed by atoms with Gasteiger partial charge in [-0.3, -0.25) is 9.69 Å². The molecule has 1 N–H and O–H groups in total. The Balaban J connectivity index is 1.58. The summed E-state index contributed by atoms with van der Waals surface area (Å²) in [5.74, 6) is 1.10. The number of hydrogen-bond donors (Lipinski definition) is 1. The van der Waals surface area contributed by atoms with Crippen molar-refractivity contribution >= 4 is 12.0 Å². The predicted molar refractivity (Wildman–Crippen MR) is 131 cm³/mol. The molecule has 0 radical (unpaired) electrons. The van der Waals surface area contributed by atoms with Crippen LogP contribution >= 0.6 is 0 Å². The number of benzene rings is 2. The average molecular weight is 451 g/mol. The molecular formula is C27H34N2O4. The van der Waals surface area contributed by atoms with Gasteiger partial charge in [0.25, 0.3) is 0 Å². The van der Waals surface area contributed by atoms with E-state index in [1.165, 1.54) is 11.6 Å². The van der Waals surface area contributed by atoms with Crippen LogP contribution in [0.4, 0.5) is 0 Å². The third-order valence-electron chi connectivity index (χ3n) is 5.43. The highest BCUT2D eigenvalue weighted by atomic mass is 16.5. The van der Waals surface area contributed by atoms with Crippen molar-refractivity contribution in [3.05, 3.63) is 77.9 Å². The summed E-state index contributed by atoms with van der Waals surface area (Å²) in [5.41, 5.74) is 3.20. The van der Waals surface area contributed by atoms with Crippen molar-refractivity contribution in [2.75, 3.05) is 26.8 Å². The first kappa shape index (κ1) is 24.6. The van der Waals surface area contributed by atoms with Gasteiger partial charge in [0.05, 0.1) is 19.3 Å².